The molecule has 0 aliphatic heterocycles. The molecule has 0 fully saturated rings. The molecule has 1 atom stereocenters. The normalized spacial score (nSPS) is 11.5. The van der Waals surface area contributed by atoms with E-state index in [0.717, 1.165) is 3.57 Å². The molecule has 0 saturated heterocycles. The Hall–Kier alpha value is -2.00. The number of halogens is 1. The zero-order valence-electron chi connectivity index (χ0n) is 14.0. The molecule has 0 aromatic heterocycles. The molecular formula is C18H20INO5. The molecule has 0 radical (unpaired) electrons. The molecule has 0 bridgehead atoms. The van der Waals surface area contributed by atoms with Gasteiger partial charge in [-0.05, 0) is 46.9 Å². The lowest BCUT2D eigenvalue weighted by atomic mass is 10.2. The molecule has 6 nitrogen and oxygen atoms in total. The summed E-state index contributed by atoms with van der Waals surface area (Å²) in [6.07, 6.45) is -0.818. The summed E-state index contributed by atoms with van der Waals surface area (Å²) in [7, 11) is 3.05. The van der Waals surface area contributed by atoms with Gasteiger partial charge in [-0.3, -0.25) is 4.79 Å². The van der Waals surface area contributed by atoms with E-state index >= 15 is 0 Å². The van der Waals surface area contributed by atoms with Crippen LogP contribution in [0.25, 0.3) is 0 Å². The van der Waals surface area contributed by atoms with Crippen molar-refractivity contribution < 1.29 is 24.1 Å². The van der Waals surface area contributed by atoms with Crippen LogP contribution in [0.3, 0.4) is 0 Å². The van der Waals surface area contributed by atoms with Crippen molar-refractivity contribution in [2.24, 2.45) is 0 Å². The Morgan fingerprint density at radius 3 is 2.44 bits per heavy atom. The number of aliphatic hydroxyl groups is 1. The molecule has 2 rings (SSSR count). The number of ether oxygens (including phenoxy) is 3. The fourth-order valence-electron chi connectivity index (χ4n) is 2.10. The Kier molecular flexibility index (Phi) is 7.32. The molecule has 25 heavy (non-hydrogen) atoms. The Bertz CT molecular complexity index is 708. The van der Waals surface area contributed by atoms with E-state index in [1.54, 1.807) is 24.3 Å². The quantitative estimate of drug-likeness (QED) is 0.596. The average Bonchev–Trinajstić information content (AvgIpc) is 2.64. The summed E-state index contributed by atoms with van der Waals surface area (Å²) in [5.41, 5.74) is 0.453. The predicted molar refractivity (Wildman–Crippen MR) is 103 cm³/mol. The summed E-state index contributed by atoms with van der Waals surface area (Å²) in [4.78, 5) is 12.3. The summed E-state index contributed by atoms with van der Waals surface area (Å²) in [5, 5.41) is 12.7. The molecule has 0 spiro atoms. The molecule has 2 N–H and O–H groups in total. The number of carbonyl (C=O) groups is 1. The van der Waals surface area contributed by atoms with Gasteiger partial charge >= 0.3 is 0 Å². The van der Waals surface area contributed by atoms with Gasteiger partial charge in [0.1, 0.15) is 18.5 Å². The molecule has 2 aromatic rings. The number of hydrogen-bond donors (Lipinski definition) is 2. The maximum Gasteiger partial charge on any atom is 0.252 e. The predicted octanol–water partition coefficient (Wildman–Crippen LogP) is 2.48. The van der Waals surface area contributed by atoms with Crippen molar-refractivity contribution in [3.8, 4) is 17.2 Å². The van der Waals surface area contributed by atoms with E-state index in [-0.39, 0.29) is 19.1 Å². The Labute approximate surface area is 160 Å². The first kappa shape index (κ1) is 19.3. The van der Waals surface area contributed by atoms with Crippen molar-refractivity contribution in [1.29, 1.82) is 0 Å². The second-order valence-electron chi connectivity index (χ2n) is 5.17. The lowest BCUT2D eigenvalue weighted by molar-refractivity contribution is 0.0842. The van der Waals surface area contributed by atoms with Gasteiger partial charge in [0.2, 0.25) is 0 Å². The maximum absolute atomic E-state index is 12.3. The van der Waals surface area contributed by atoms with E-state index in [1.807, 2.05) is 18.2 Å². The molecule has 0 heterocycles. The highest BCUT2D eigenvalue weighted by atomic mass is 127. The van der Waals surface area contributed by atoms with Gasteiger partial charge in [0, 0.05) is 10.1 Å². The first-order chi connectivity index (χ1) is 12.0. The van der Waals surface area contributed by atoms with Gasteiger partial charge in [0.25, 0.3) is 5.91 Å². The molecule has 134 valence electrons. The van der Waals surface area contributed by atoms with Crippen molar-refractivity contribution in [2.75, 3.05) is 27.4 Å². The Morgan fingerprint density at radius 2 is 1.80 bits per heavy atom. The third-order valence-electron chi connectivity index (χ3n) is 3.40. The third-order valence-corrected chi connectivity index (χ3v) is 4.29. The summed E-state index contributed by atoms with van der Waals surface area (Å²) < 4.78 is 16.6. The molecule has 1 amide bonds. The van der Waals surface area contributed by atoms with E-state index in [2.05, 4.69) is 27.9 Å². The second kappa shape index (κ2) is 9.47. The minimum atomic E-state index is -0.818. The van der Waals surface area contributed by atoms with Crippen LogP contribution >= 0.6 is 22.6 Å². The summed E-state index contributed by atoms with van der Waals surface area (Å²) in [6.45, 7) is 0.170. The molecule has 0 aliphatic carbocycles. The van der Waals surface area contributed by atoms with Crippen LogP contribution in [0.4, 0.5) is 0 Å². The highest BCUT2D eigenvalue weighted by Gasteiger charge is 2.16. The minimum Gasteiger partial charge on any atom is -0.493 e. The van der Waals surface area contributed by atoms with Gasteiger partial charge in [0.15, 0.2) is 11.5 Å². The van der Waals surface area contributed by atoms with Crippen molar-refractivity contribution >= 4 is 28.5 Å². The number of hydrogen-bond acceptors (Lipinski definition) is 5. The number of methoxy groups -OCH3 is 2. The maximum atomic E-state index is 12.3. The first-order valence-corrected chi connectivity index (χ1v) is 8.68. The van der Waals surface area contributed by atoms with E-state index in [9.17, 15) is 9.90 Å². The SMILES string of the molecule is COc1cc(I)c(C(=O)NCC(O)COc2ccccc2)cc1OC. The number of carbonyl (C=O) groups excluding carboxylic acids is 1. The van der Waals surface area contributed by atoms with Gasteiger partial charge in [-0.2, -0.15) is 0 Å². The smallest absolute Gasteiger partial charge is 0.252 e. The monoisotopic (exact) mass is 457 g/mol. The number of amides is 1. The summed E-state index contributed by atoms with van der Waals surface area (Å²) in [6, 6.07) is 12.5. The van der Waals surface area contributed by atoms with Crippen LogP contribution < -0.4 is 19.5 Å². The van der Waals surface area contributed by atoms with Crippen LogP contribution in [0, 0.1) is 3.57 Å². The van der Waals surface area contributed by atoms with Gasteiger partial charge in [0.05, 0.1) is 19.8 Å². The van der Waals surface area contributed by atoms with Crippen LogP contribution in [-0.2, 0) is 0 Å². The molecule has 0 saturated carbocycles. The van der Waals surface area contributed by atoms with Gasteiger partial charge in [-0.1, -0.05) is 18.2 Å². The molecular weight excluding hydrogens is 437 g/mol. The number of nitrogens with one attached hydrogen (secondary N) is 1. The van der Waals surface area contributed by atoms with Crippen LogP contribution in [-0.4, -0.2) is 44.5 Å². The molecule has 2 aromatic carbocycles. The zero-order chi connectivity index (χ0) is 18.2. The van der Waals surface area contributed by atoms with E-state index < -0.39 is 6.10 Å². The highest BCUT2D eigenvalue weighted by Crippen LogP contribution is 2.31. The standard InChI is InChI=1S/C18H20INO5/c1-23-16-8-14(15(19)9-17(16)24-2)18(22)20-10-12(21)11-25-13-6-4-3-5-7-13/h3-9,12,21H,10-11H2,1-2H3,(H,20,22). The summed E-state index contributed by atoms with van der Waals surface area (Å²) >= 11 is 2.06. The van der Waals surface area contributed by atoms with Crippen molar-refractivity contribution in [3.63, 3.8) is 0 Å². The fourth-order valence-corrected chi connectivity index (χ4v) is 2.79. The Balaban J connectivity index is 1.91. The van der Waals surface area contributed by atoms with E-state index in [1.165, 1.54) is 14.2 Å². The number of benzene rings is 2. The van der Waals surface area contributed by atoms with Crippen LogP contribution in [0.1, 0.15) is 10.4 Å². The molecule has 7 heteroatoms. The molecule has 0 aliphatic rings. The van der Waals surface area contributed by atoms with E-state index in [0.29, 0.717) is 22.8 Å². The largest absolute Gasteiger partial charge is 0.493 e. The van der Waals surface area contributed by atoms with Gasteiger partial charge < -0.3 is 24.6 Å². The zero-order valence-corrected chi connectivity index (χ0v) is 16.1. The van der Waals surface area contributed by atoms with Gasteiger partial charge in [-0.15, -0.1) is 0 Å². The van der Waals surface area contributed by atoms with Crippen LogP contribution in [0.2, 0.25) is 0 Å². The van der Waals surface area contributed by atoms with Crippen LogP contribution in [0.5, 0.6) is 17.2 Å². The topological polar surface area (TPSA) is 77.0 Å². The van der Waals surface area contributed by atoms with Crippen molar-refractivity contribution in [2.45, 2.75) is 6.10 Å². The number of para-hydroxylation sites is 1. The highest BCUT2D eigenvalue weighted by molar-refractivity contribution is 14.1. The third kappa shape index (κ3) is 5.50. The lowest BCUT2D eigenvalue weighted by Gasteiger charge is -2.15. The average molecular weight is 457 g/mol. The number of aliphatic hydroxyl groups excluding tert-OH is 1. The minimum absolute atomic E-state index is 0.0795. The fraction of sp³-hybridized carbons (Fsp3) is 0.278. The number of rotatable bonds is 8. The van der Waals surface area contributed by atoms with E-state index in [4.69, 9.17) is 14.2 Å². The second-order valence-corrected chi connectivity index (χ2v) is 6.34. The lowest BCUT2D eigenvalue weighted by Crippen LogP contribution is -2.35. The molecule has 1 unspecified atom stereocenters. The first-order valence-electron chi connectivity index (χ1n) is 7.60. The summed E-state index contributed by atoms with van der Waals surface area (Å²) in [5.74, 6) is 1.40. The van der Waals surface area contributed by atoms with Gasteiger partial charge in [-0.25, -0.2) is 0 Å². The van der Waals surface area contributed by atoms with Crippen molar-refractivity contribution in [1.82, 2.24) is 5.32 Å². The van der Waals surface area contributed by atoms with Crippen LogP contribution in [0.15, 0.2) is 42.5 Å². The van der Waals surface area contributed by atoms with Crippen molar-refractivity contribution in [3.05, 3.63) is 51.6 Å². The Morgan fingerprint density at radius 1 is 1.16 bits per heavy atom.